The molecule has 0 atom stereocenters. The Morgan fingerprint density at radius 3 is 1.25 bits per heavy atom. The number of hydrogen-bond acceptors (Lipinski definition) is 0. The van der Waals surface area contributed by atoms with Crippen molar-refractivity contribution in [3.8, 4) is 0 Å². The molecule has 0 saturated heterocycles. The summed E-state index contributed by atoms with van der Waals surface area (Å²) >= 11 is 0. The molecule has 0 N–H and O–H groups in total. The topological polar surface area (TPSA) is 0 Å². The van der Waals surface area contributed by atoms with Crippen LogP contribution in [0, 0.1) is 11.8 Å². The summed E-state index contributed by atoms with van der Waals surface area (Å²) in [7, 11) is 0. The van der Waals surface area contributed by atoms with Gasteiger partial charge in [0.15, 0.2) is 0 Å². The molecule has 0 fully saturated rings. The predicted octanol–water partition coefficient (Wildman–Crippen LogP) is 2.38. The fourth-order valence-electron chi connectivity index (χ4n) is 0.829. The Morgan fingerprint density at radius 2 is 1.00 bits per heavy atom. The lowest BCUT2D eigenvalue weighted by molar-refractivity contribution is 0.827. The van der Waals surface area contributed by atoms with Gasteiger partial charge in [-0.15, -0.1) is 0 Å². The highest BCUT2D eigenvalue weighted by molar-refractivity contribution is 5.10. The summed E-state index contributed by atoms with van der Waals surface area (Å²) in [6, 6.07) is 0. The number of allylic oxidation sites excluding steroid dienone is 4. The van der Waals surface area contributed by atoms with Gasteiger partial charge in [-0.05, 0) is 11.8 Å². The molecule has 1 rings (SSSR count). The normalized spacial score (nSPS) is 35.8. The first-order chi connectivity index (χ1) is 3.79. The fourth-order valence-corrected chi connectivity index (χ4v) is 0.829. The fraction of sp³-hybridized carbons (Fsp3) is 0.500. The Labute approximate surface area is 50.9 Å². The summed E-state index contributed by atoms with van der Waals surface area (Å²) in [4.78, 5) is 0. The molecule has 44 valence electrons. The third-order valence-electron chi connectivity index (χ3n) is 1.44. The summed E-state index contributed by atoms with van der Waals surface area (Å²) in [6.45, 7) is 4.39. The Hall–Kier alpha value is -0.520. The second-order valence-electron chi connectivity index (χ2n) is 2.49. The van der Waals surface area contributed by atoms with Crippen molar-refractivity contribution in [3.63, 3.8) is 0 Å². The van der Waals surface area contributed by atoms with Crippen molar-refractivity contribution in [1.29, 1.82) is 0 Å². The van der Waals surface area contributed by atoms with E-state index >= 15 is 0 Å². The van der Waals surface area contributed by atoms with Crippen LogP contribution in [0.1, 0.15) is 13.8 Å². The van der Waals surface area contributed by atoms with Crippen LogP contribution in [0.4, 0.5) is 0 Å². The van der Waals surface area contributed by atoms with Gasteiger partial charge in [-0.1, -0.05) is 38.2 Å². The quantitative estimate of drug-likeness (QED) is 0.418. The van der Waals surface area contributed by atoms with Crippen molar-refractivity contribution in [2.24, 2.45) is 11.8 Å². The standard InChI is InChI=1S/C8H12/c1-7-3-5-8(2)6-4-7/h3-8H,1-2H3/t7-,8-. The molecule has 0 aliphatic heterocycles. The van der Waals surface area contributed by atoms with Crippen LogP contribution < -0.4 is 0 Å². The lowest BCUT2D eigenvalue weighted by Crippen LogP contribution is -1.93. The van der Waals surface area contributed by atoms with E-state index < -0.39 is 0 Å². The molecule has 0 saturated carbocycles. The molecule has 0 aromatic carbocycles. The van der Waals surface area contributed by atoms with Crippen LogP contribution in [0.2, 0.25) is 0 Å². The van der Waals surface area contributed by atoms with Gasteiger partial charge in [-0.3, -0.25) is 0 Å². The molecule has 0 aromatic rings. The van der Waals surface area contributed by atoms with Crippen LogP contribution >= 0.6 is 0 Å². The summed E-state index contributed by atoms with van der Waals surface area (Å²) < 4.78 is 0. The molecule has 0 spiro atoms. The van der Waals surface area contributed by atoms with E-state index in [1.807, 2.05) is 0 Å². The molecule has 0 bridgehead atoms. The molecule has 0 heteroatoms. The van der Waals surface area contributed by atoms with E-state index in [0.717, 1.165) is 0 Å². The Morgan fingerprint density at radius 1 is 0.750 bits per heavy atom. The van der Waals surface area contributed by atoms with Crippen molar-refractivity contribution in [1.82, 2.24) is 0 Å². The lowest BCUT2D eigenvalue weighted by atomic mass is 9.99. The van der Waals surface area contributed by atoms with Gasteiger partial charge in [0.1, 0.15) is 0 Å². The Bertz CT molecular complexity index is 92.0. The minimum Gasteiger partial charge on any atom is -0.0813 e. The van der Waals surface area contributed by atoms with E-state index in [1.165, 1.54) is 0 Å². The van der Waals surface area contributed by atoms with Crippen molar-refractivity contribution in [3.05, 3.63) is 24.3 Å². The smallest absolute Gasteiger partial charge is 0.00815 e. The highest BCUT2D eigenvalue weighted by Gasteiger charge is 1.98. The first-order valence-corrected chi connectivity index (χ1v) is 3.15. The second kappa shape index (κ2) is 2.17. The summed E-state index contributed by atoms with van der Waals surface area (Å²) in [5.41, 5.74) is 0. The van der Waals surface area contributed by atoms with Gasteiger partial charge >= 0.3 is 0 Å². The van der Waals surface area contributed by atoms with Gasteiger partial charge in [-0.25, -0.2) is 0 Å². The maximum atomic E-state index is 2.24. The van der Waals surface area contributed by atoms with Crippen LogP contribution in [0.15, 0.2) is 24.3 Å². The molecule has 8 heavy (non-hydrogen) atoms. The Balaban J connectivity index is 2.54. The van der Waals surface area contributed by atoms with E-state index in [1.54, 1.807) is 0 Å². The van der Waals surface area contributed by atoms with E-state index in [-0.39, 0.29) is 0 Å². The largest absolute Gasteiger partial charge is 0.0813 e. The van der Waals surface area contributed by atoms with Crippen LogP contribution in [-0.4, -0.2) is 0 Å². The lowest BCUT2D eigenvalue weighted by Gasteiger charge is -2.07. The predicted molar refractivity (Wildman–Crippen MR) is 36.6 cm³/mol. The van der Waals surface area contributed by atoms with Gasteiger partial charge in [-0.2, -0.15) is 0 Å². The molecule has 0 unspecified atom stereocenters. The summed E-state index contributed by atoms with van der Waals surface area (Å²) in [5.74, 6) is 1.32. The molecule has 0 aromatic heterocycles. The average Bonchev–Trinajstić information content (AvgIpc) is 1.77. The SMILES string of the molecule is C[C@H]1C=C[C@H](C)C=C1. The summed E-state index contributed by atoms with van der Waals surface area (Å²) in [5, 5.41) is 0. The number of rotatable bonds is 0. The minimum absolute atomic E-state index is 0.659. The minimum atomic E-state index is 0.659. The monoisotopic (exact) mass is 108 g/mol. The Kier molecular flexibility index (Phi) is 1.52. The van der Waals surface area contributed by atoms with E-state index in [2.05, 4.69) is 38.2 Å². The van der Waals surface area contributed by atoms with Crippen LogP contribution in [-0.2, 0) is 0 Å². The van der Waals surface area contributed by atoms with Crippen molar-refractivity contribution >= 4 is 0 Å². The first-order valence-electron chi connectivity index (χ1n) is 3.15. The molecule has 1 aliphatic carbocycles. The summed E-state index contributed by atoms with van der Waals surface area (Å²) in [6.07, 6.45) is 8.96. The van der Waals surface area contributed by atoms with Crippen molar-refractivity contribution in [2.45, 2.75) is 13.8 Å². The van der Waals surface area contributed by atoms with E-state index in [9.17, 15) is 0 Å². The maximum Gasteiger partial charge on any atom is -0.00815 e. The molecular weight excluding hydrogens is 96.1 g/mol. The van der Waals surface area contributed by atoms with Gasteiger partial charge in [0.25, 0.3) is 0 Å². The van der Waals surface area contributed by atoms with Crippen LogP contribution in [0.25, 0.3) is 0 Å². The molecule has 0 heterocycles. The molecule has 0 radical (unpaired) electrons. The van der Waals surface area contributed by atoms with Gasteiger partial charge in [0.2, 0.25) is 0 Å². The van der Waals surface area contributed by atoms with Gasteiger partial charge in [0, 0.05) is 0 Å². The highest BCUT2D eigenvalue weighted by Crippen LogP contribution is 2.12. The zero-order chi connectivity index (χ0) is 5.98. The molecule has 0 amide bonds. The zero-order valence-electron chi connectivity index (χ0n) is 5.46. The third kappa shape index (κ3) is 1.22. The zero-order valence-corrected chi connectivity index (χ0v) is 5.46. The molecule has 0 nitrogen and oxygen atoms in total. The van der Waals surface area contributed by atoms with Gasteiger partial charge < -0.3 is 0 Å². The molecular formula is C8H12. The van der Waals surface area contributed by atoms with E-state index in [4.69, 9.17) is 0 Å². The van der Waals surface area contributed by atoms with Gasteiger partial charge in [0.05, 0.1) is 0 Å². The van der Waals surface area contributed by atoms with E-state index in [0.29, 0.717) is 11.8 Å². The first kappa shape index (κ1) is 5.61. The maximum absolute atomic E-state index is 2.24. The molecule has 1 aliphatic rings. The van der Waals surface area contributed by atoms with Crippen LogP contribution in [0.3, 0.4) is 0 Å². The average molecular weight is 108 g/mol. The van der Waals surface area contributed by atoms with Crippen molar-refractivity contribution < 1.29 is 0 Å². The number of hydrogen-bond donors (Lipinski definition) is 0. The van der Waals surface area contributed by atoms with Crippen molar-refractivity contribution in [2.75, 3.05) is 0 Å². The third-order valence-corrected chi connectivity index (χ3v) is 1.44. The second-order valence-corrected chi connectivity index (χ2v) is 2.49. The van der Waals surface area contributed by atoms with Crippen LogP contribution in [0.5, 0.6) is 0 Å². The highest BCUT2D eigenvalue weighted by atomic mass is 14.0.